The fourth-order valence-corrected chi connectivity index (χ4v) is 3.51. The molecule has 7 heteroatoms. The first-order chi connectivity index (χ1) is 12.2. The lowest BCUT2D eigenvalue weighted by Crippen LogP contribution is -2.50. The molecule has 2 fully saturated rings. The molecule has 2 saturated heterocycles. The summed E-state index contributed by atoms with van der Waals surface area (Å²) >= 11 is 0. The first kappa shape index (κ1) is 16.5. The van der Waals surface area contributed by atoms with Gasteiger partial charge in [0, 0.05) is 32.5 Å². The molecule has 1 N–H and O–H groups in total. The Morgan fingerprint density at radius 3 is 2.52 bits per heavy atom. The van der Waals surface area contributed by atoms with Crippen LogP contribution < -0.4 is 14.8 Å². The van der Waals surface area contributed by atoms with Crippen molar-refractivity contribution in [3.8, 4) is 11.5 Å². The van der Waals surface area contributed by atoms with E-state index in [-0.39, 0.29) is 6.03 Å². The zero-order valence-corrected chi connectivity index (χ0v) is 14.3. The Hall–Kier alpha value is -1.99. The molecule has 0 bridgehead atoms. The van der Waals surface area contributed by atoms with Crippen LogP contribution in [0.3, 0.4) is 0 Å². The molecule has 4 rings (SSSR count). The Morgan fingerprint density at radius 2 is 1.76 bits per heavy atom. The summed E-state index contributed by atoms with van der Waals surface area (Å²) in [5.74, 6) is 1.13. The fraction of sp³-hybridized carbons (Fsp3) is 0.611. The Kier molecular flexibility index (Phi) is 4.67. The number of benzene rings is 1. The Bertz CT molecular complexity index is 620. The van der Waals surface area contributed by atoms with Gasteiger partial charge in [-0.25, -0.2) is 4.79 Å². The summed E-state index contributed by atoms with van der Waals surface area (Å²) in [6.07, 6.45) is 2.23. The lowest BCUT2D eigenvalue weighted by atomic mass is 10.0. The van der Waals surface area contributed by atoms with Crippen LogP contribution in [-0.2, 0) is 15.9 Å². The number of likely N-dealkylation sites (tertiary alicyclic amines) is 1. The second-order valence-corrected chi connectivity index (χ2v) is 6.55. The molecular formula is C18H24N2O5. The van der Waals surface area contributed by atoms with E-state index in [2.05, 4.69) is 5.32 Å². The van der Waals surface area contributed by atoms with Gasteiger partial charge in [-0.1, -0.05) is 6.07 Å². The van der Waals surface area contributed by atoms with E-state index in [1.54, 1.807) is 0 Å². The molecule has 1 aromatic carbocycles. The maximum Gasteiger partial charge on any atom is 0.317 e. The van der Waals surface area contributed by atoms with E-state index in [1.165, 1.54) is 0 Å². The summed E-state index contributed by atoms with van der Waals surface area (Å²) < 4.78 is 22.5. The normalized spacial score (nSPS) is 21.4. The monoisotopic (exact) mass is 348 g/mol. The number of hydrogen-bond acceptors (Lipinski definition) is 5. The summed E-state index contributed by atoms with van der Waals surface area (Å²) in [5, 5.41) is 2.99. The van der Waals surface area contributed by atoms with E-state index in [9.17, 15) is 4.79 Å². The van der Waals surface area contributed by atoms with E-state index in [0.717, 1.165) is 36.3 Å². The second kappa shape index (κ2) is 7.09. The third-order valence-electron chi connectivity index (χ3n) is 4.92. The minimum atomic E-state index is -0.442. The Labute approximate surface area is 147 Å². The van der Waals surface area contributed by atoms with E-state index < -0.39 is 5.79 Å². The number of piperidine rings is 1. The summed E-state index contributed by atoms with van der Waals surface area (Å²) in [7, 11) is 0. The van der Waals surface area contributed by atoms with Crippen molar-refractivity contribution in [3.05, 3.63) is 23.8 Å². The van der Waals surface area contributed by atoms with Gasteiger partial charge >= 0.3 is 6.03 Å². The largest absolute Gasteiger partial charge is 0.486 e. The van der Waals surface area contributed by atoms with Gasteiger partial charge in [0.25, 0.3) is 0 Å². The molecule has 25 heavy (non-hydrogen) atoms. The lowest BCUT2D eigenvalue weighted by Gasteiger charge is -2.37. The van der Waals surface area contributed by atoms with Gasteiger partial charge in [0.15, 0.2) is 17.3 Å². The molecule has 3 aliphatic rings. The van der Waals surface area contributed by atoms with Gasteiger partial charge in [-0.05, 0) is 24.1 Å². The van der Waals surface area contributed by atoms with Gasteiger partial charge in [-0.3, -0.25) is 0 Å². The zero-order chi connectivity index (χ0) is 17.1. The maximum atomic E-state index is 12.3. The molecule has 2 amide bonds. The minimum absolute atomic E-state index is 0.0228. The summed E-state index contributed by atoms with van der Waals surface area (Å²) in [6.45, 7) is 4.40. The van der Waals surface area contributed by atoms with Crippen molar-refractivity contribution in [3.63, 3.8) is 0 Å². The van der Waals surface area contributed by atoms with Crippen molar-refractivity contribution in [1.82, 2.24) is 10.2 Å². The molecule has 0 saturated carbocycles. The summed E-state index contributed by atoms with van der Waals surface area (Å²) in [6, 6.07) is 5.90. The van der Waals surface area contributed by atoms with Gasteiger partial charge < -0.3 is 29.2 Å². The van der Waals surface area contributed by atoms with E-state index in [1.807, 2.05) is 23.1 Å². The standard InChI is InChI=1S/C18H24N2O5/c21-17(20-7-4-18(5-8-20)24-11-12-25-18)19-6-3-14-1-2-15-16(13-14)23-10-9-22-15/h1-2,13H,3-12H2,(H,19,21). The smallest absolute Gasteiger partial charge is 0.317 e. The number of nitrogens with one attached hydrogen (secondary N) is 1. The van der Waals surface area contributed by atoms with Crippen LogP contribution in [0.4, 0.5) is 4.79 Å². The third kappa shape index (κ3) is 3.67. The number of urea groups is 1. The molecular weight excluding hydrogens is 324 g/mol. The van der Waals surface area contributed by atoms with E-state index in [4.69, 9.17) is 18.9 Å². The molecule has 7 nitrogen and oxygen atoms in total. The van der Waals surface area contributed by atoms with E-state index >= 15 is 0 Å². The topological polar surface area (TPSA) is 69.3 Å². The number of hydrogen-bond donors (Lipinski definition) is 1. The van der Waals surface area contributed by atoms with Crippen LogP contribution in [0.2, 0.25) is 0 Å². The van der Waals surface area contributed by atoms with E-state index in [0.29, 0.717) is 46.1 Å². The highest BCUT2D eigenvalue weighted by molar-refractivity contribution is 5.74. The highest BCUT2D eigenvalue weighted by atomic mass is 16.7. The number of fused-ring (bicyclic) bond motifs is 1. The van der Waals surface area contributed by atoms with Crippen LogP contribution in [0, 0.1) is 0 Å². The molecule has 3 aliphatic heterocycles. The number of amides is 2. The van der Waals surface area contributed by atoms with Gasteiger partial charge in [-0.15, -0.1) is 0 Å². The first-order valence-corrected chi connectivity index (χ1v) is 8.93. The predicted molar refractivity (Wildman–Crippen MR) is 90.0 cm³/mol. The van der Waals surface area contributed by atoms with Crippen LogP contribution in [0.25, 0.3) is 0 Å². The van der Waals surface area contributed by atoms with Gasteiger partial charge in [0.1, 0.15) is 13.2 Å². The minimum Gasteiger partial charge on any atom is -0.486 e. The summed E-state index contributed by atoms with van der Waals surface area (Å²) in [4.78, 5) is 14.1. The quantitative estimate of drug-likeness (QED) is 0.898. The molecule has 3 heterocycles. The van der Waals surface area contributed by atoms with Crippen LogP contribution in [0.5, 0.6) is 11.5 Å². The van der Waals surface area contributed by atoms with Crippen LogP contribution in [0.1, 0.15) is 18.4 Å². The predicted octanol–water partition coefficient (Wildman–Crippen LogP) is 1.55. The lowest BCUT2D eigenvalue weighted by molar-refractivity contribution is -0.181. The van der Waals surface area contributed by atoms with Crippen molar-refractivity contribution >= 4 is 6.03 Å². The van der Waals surface area contributed by atoms with Crippen LogP contribution in [-0.4, -0.2) is 62.8 Å². The third-order valence-corrected chi connectivity index (χ3v) is 4.92. The van der Waals surface area contributed by atoms with Crippen LogP contribution in [0.15, 0.2) is 18.2 Å². The first-order valence-electron chi connectivity index (χ1n) is 8.93. The van der Waals surface area contributed by atoms with Crippen molar-refractivity contribution in [1.29, 1.82) is 0 Å². The van der Waals surface area contributed by atoms with Crippen molar-refractivity contribution < 1.29 is 23.7 Å². The summed E-state index contributed by atoms with van der Waals surface area (Å²) in [5.41, 5.74) is 1.12. The Morgan fingerprint density at radius 1 is 1.04 bits per heavy atom. The van der Waals surface area contributed by atoms with Gasteiger partial charge in [0.05, 0.1) is 13.2 Å². The average molecular weight is 348 g/mol. The van der Waals surface area contributed by atoms with Crippen molar-refractivity contribution in [2.24, 2.45) is 0 Å². The van der Waals surface area contributed by atoms with Gasteiger partial charge in [0.2, 0.25) is 0 Å². The molecule has 1 aromatic rings. The van der Waals surface area contributed by atoms with Gasteiger partial charge in [-0.2, -0.15) is 0 Å². The number of ether oxygens (including phenoxy) is 4. The number of rotatable bonds is 3. The molecule has 1 spiro atoms. The maximum absolute atomic E-state index is 12.3. The molecule has 0 aliphatic carbocycles. The van der Waals surface area contributed by atoms with Crippen molar-refractivity contribution in [2.75, 3.05) is 46.1 Å². The van der Waals surface area contributed by atoms with Crippen LogP contribution >= 0.6 is 0 Å². The molecule has 0 radical (unpaired) electrons. The number of nitrogens with zero attached hydrogens (tertiary/aromatic N) is 1. The molecule has 0 atom stereocenters. The fourth-order valence-electron chi connectivity index (χ4n) is 3.51. The highest BCUT2D eigenvalue weighted by Gasteiger charge is 2.40. The average Bonchev–Trinajstić information content (AvgIpc) is 3.10. The molecule has 136 valence electrons. The highest BCUT2D eigenvalue weighted by Crippen LogP contribution is 2.32. The second-order valence-electron chi connectivity index (χ2n) is 6.55. The van der Waals surface area contributed by atoms with Crippen molar-refractivity contribution in [2.45, 2.75) is 25.0 Å². The molecule has 0 unspecified atom stereocenters. The SMILES string of the molecule is O=C(NCCc1ccc2c(c1)OCCO2)N1CCC2(CC1)OCCO2. The number of carbonyl (C=O) groups is 1. The number of carbonyl (C=O) groups excluding carboxylic acids is 1. The zero-order valence-electron chi connectivity index (χ0n) is 14.3. The molecule has 0 aromatic heterocycles. The Balaban J connectivity index is 1.23.